The third kappa shape index (κ3) is 11.5. The van der Waals surface area contributed by atoms with Crippen molar-refractivity contribution < 1.29 is 14.3 Å². The molecule has 0 aliphatic heterocycles. The Hall–Kier alpha value is -1.82. The summed E-state index contributed by atoms with van der Waals surface area (Å²) in [5.74, 6) is 0.837. The number of amides is 1. The number of carbonyl (C=O) groups excluding carboxylic acids is 2. The average Bonchev–Trinajstić information content (AvgIpc) is 2.65. The fraction of sp³-hybridized carbons (Fsp3) is 0.571. The van der Waals surface area contributed by atoms with Crippen molar-refractivity contribution in [2.75, 3.05) is 12.9 Å². The lowest BCUT2D eigenvalue weighted by atomic mass is 10.1. The van der Waals surface area contributed by atoms with Crippen LogP contribution in [0.3, 0.4) is 0 Å². The number of nitrogens with one attached hydrogen (secondary N) is 1. The minimum atomic E-state index is -0.102. The van der Waals surface area contributed by atoms with Crippen LogP contribution in [0.15, 0.2) is 29.4 Å². The Kier molecular flexibility index (Phi) is 12.5. The predicted molar refractivity (Wildman–Crippen MR) is 116 cm³/mol. The predicted octanol–water partition coefficient (Wildman–Crippen LogP) is 4.83. The van der Waals surface area contributed by atoms with Crippen LogP contribution in [0.1, 0.15) is 66.4 Å². The monoisotopic (exact) mass is 394 g/mol. The molecule has 0 aromatic heterocycles. The molecule has 1 amide bonds. The summed E-state index contributed by atoms with van der Waals surface area (Å²) in [6.45, 7) is 12.0. The van der Waals surface area contributed by atoms with Crippen LogP contribution >= 0.6 is 11.8 Å². The van der Waals surface area contributed by atoms with E-state index in [1.165, 1.54) is 0 Å². The molecular weight excluding hydrogens is 360 g/mol. The molecule has 0 saturated carbocycles. The van der Waals surface area contributed by atoms with Gasteiger partial charge in [-0.15, -0.1) is 0 Å². The Morgan fingerprint density at radius 3 is 2.26 bits per heavy atom. The molecule has 0 spiro atoms. The summed E-state index contributed by atoms with van der Waals surface area (Å²) in [7, 11) is 0. The molecule has 0 unspecified atom stereocenters. The van der Waals surface area contributed by atoms with Crippen molar-refractivity contribution >= 4 is 29.2 Å². The molecule has 152 valence electrons. The first kappa shape index (κ1) is 25.2. The molecule has 0 atom stereocenters. The number of hydrazone groups is 1. The lowest BCUT2D eigenvalue weighted by Crippen LogP contribution is -2.27. The van der Waals surface area contributed by atoms with E-state index in [1.54, 1.807) is 18.7 Å². The number of benzene rings is 1. The number of Topliss-reactive ketones (excluding diaryl/α,β-unsaturated/α-hetero) is 1. The molecule has 0 bridgehead atoms. The Bertz CT molecular complexity index is 610. The van der Waals surface area contributed by atoms with Crippen LogP contribution in [0, 0.1) is 0 Å². The van der Waals surface area contributed by atoms with Gasteiger partial charge in [0.25, 0.3) is 0 Å². The summed E-state index contributed by atoms with van der Waals surface area (Å²) < 4.78 is 5.49. The fourth-order valence-electron chi connectivity index (χ4n) is 2.01. The van der Waals surface area contributed by atoms with E-state index in [9.17, 15) is 9.59 Å². The molecule has 5 nitrogen and oxygen atoms in total. The number of carbonyl (C=O) groups is 2. The number of hydrogen-bond donors (Lipinski definition) is 1. The van der Waals surface area contributed by atoms with Crippen LogP contribution in [0.25, 0.3) is 0 Å². The highest BCUT2D eigenvalue weighted by Gasteiger charge is 2.20. The maximum Gasteiger partial charge on any atom is 0.241 e. The number of ketones is 1. The molecular formula is C21H34N2O3S. The van der Waals surface area contributed by atoms with Gasteiger partial charge in [0, 0.05) is 17.6 Å². The van der Waals surface area contributed by atoms with Crippen LogP contribution in [0.5, 0.6) is 5.75 Å². The molecule has 0 aliphatic carbocycles. The maximum atomic E-state index is 11.9. The van der Waals surface area contributed by atoms with Crippen LogP contribution in [0.2, 0.25) is 0 Å². The molecule has 1 N–H and O–H groups in total. The Labute approximate surface area is 168 Å². The molecule has 0 fully saturated rings. The lowest BCUT2D eigenvalue weighted by molar-refractivity contribution is -0.121. The zero-order valence-corrected chi connectivity index (χ0v) is 18.5. The molecule has 1 rings (SSSR count). The molecule has 27 heavy (non-hydrogen) atoms. The van der Waals surface area contributed by atoms with Crippen molar-refractivity contribution in [3.05, 3.63) is 29.8 Å². The van der Waals surface area contributed by atoms with Gasteiger partial charge >= 0.3 is 0 Å². The van der Waals surface area contributed by atoms with Gasteiger partial charge in [0.15, 0.2) is 0 Å². The first-order valence-electron chi connectivity index (χ1n) is 9.34. The second kappa shape index (κ2) is 13.4. The molecule has 0 aliphatic rings. The maximum absolute atomic E-state index is 11.9. The number of nitrogens with zero attached hydrogens (tertiary/aromatic N) is 1. The molecule has 0 heterocycles. The van der Waals surface area contributed by atoms with Crippen LogP contribution in [-0.4, -0.2) is 35.0 Å². The van der Waals surface area contributed by atoms with Crippen molar-refractivity contribution in [2.24, 2.45) is 5.10 Å². The van der Waals surface area contributed by atoms with Crippen LogP contribution < -0.4 is 10.2 Å². The van der Waals surface area contributed by atoms with Crippen LogP contribution in [-0.2, 0) is 9.59 Å². The van der Waals surface area contributed by atoms with E-state index in [1.807, 2.05) is 65.1 Å². The van der Waals surface area contributed by atoms with Gasteiger partial charge in [0.05, 0.1) is 12.3 Å². The van der Waals surface area contributed by atoms with Crippen molar-refractivity contribution in [2.45, 2.75) is 65.6 Å². The van der Waals surface area contributed by atoms with E-state index in [2.05, 4.69) is 10.5 Å². The van der Waals surface area contributed by atoms with Gasteiger partial charge in [0.2, 0.25) is 5.91 Å². The van der Waals surface area contributed by atoms with Crippen LogP contribution in [0.4, 0.5) is 0 Å². The minimum absolute atomic E-state index is 0.0934. The molecule has 1 aromatic carbocycles. The van der Waals surface area contributed by atoms with Gasteiger partial charge in [-0.1, -0.05) is 27.7 Å². The number of ether oxygens (including phenoxy) is 1. The van der Waals surface area contributed by atoms with Gasteiger partial charge in [-0.05, 0) is 56.4 Å². The number of rotatable bonds is 10. The summed E-state index contributed by atoms with van der Waals surface area (Å²) in [5, 5.41) is 4.17. The summed E-state index contributed by atoms with van der Waals surface area (Å²) in [6.07, 6.45) is 3.66. The largest absolute Gasteiger partial charge is 0.494 e. The van der Waals surface area contributed by atoms with Gasteiger partial charge in [-0.3, -0.25) is 4.79 Å². The molecule has 0 saturated heterocycles. The molecule has 0 radical (unpaired) electrons. The van der Waals surface area contributed by atoms with Crippen molar-refractivity contribution in [1.82, 2.24) is 5.43 Å². The number of thioether (sulfide) groups is 1. The van der Waals surface area contributed by atoms with E-state index in [0.717, 1.165) is 23.4 Å². The Balaban J connectivity index is 0.00000326. The third-order valence-electron chi connectivity index (χ3n) is 3.70. The van der Waals surface area contributed by atoms with Crippen molar-refractivity contribution in [3.63, 3.8) is 0 Å². The van der Waals surface area contributed by atoms with Gasteiger partial charge in [0.1, 0.15) is 11.5 Å². The van der Waals surface area contributed by atoms with Crippen molar-refractivity contribution in [3.8, 4) is 5.75 Å². The van der Waals surface area contributed by atoms with Gasteiger partial charge in [-0.2, -0.15) is 16.9 Å². The van der Waals surface area contributed by atoms with Gasteiger partial charge < -0.3 is 9.53 Å². The van der Waals surface area contributed by atoms with E-state index in [0.29, 0.717) is 19.4 Å². The quantitative estimate of drug-likeness (QED) is 0.350. The summed E-state index contributed by atoms with van der Waals surface area (Å²) in [4.78, 5) is 22.8. The smallest absolute Gasteiger partial charge is 0.241 e. The highest BCUT2D eigenvalue weighted by Crippen LogP contribution is 2.24. The average molecular weight is 395 g/mol. The standard InChI is InChI=1S/C19H28N2O3S.C2H6/c1-14(22)7-6-12-24-17-10-8-16(9-11-17)15(2)20-21-18(23)13-19(3,4)25-5;1-2/h8-11H,6-7,12-13H2,1-5H3,(H,21,23);1-2H3/b20-15+;. The highest BCUT2D eigenvalue weighted by atomic mass is 32.2. The minimum Gasteiger partial charge on any atom is -0.494 e. The van der Waals surface area contributed by atoms with E-state index in [-0.39, 0.29) is 16.4 Å². The van der Waals surface area contributed by atoms with E-state index >= 15 is 0 Å². The first-order chi connectivity index (χ1) is 12.7. The van der Waals surface area contributed by atoms with E-state index < -0.39 is 0 Å². The topological polar surface area (TPSA) is 67.8 Å². The summed E-state index contributed by atoms with van der Waals surface area (Å²) in [5.41, 5.74) is 4.26. The summed E-state index contributed by atoms with van der Waals surface area (Å²) >= 11 is 1.66. The van der Waals surface area contributed by atoms with Crippen molar-refractivity contribution in [1.29, 1.82) is 0 Å². The lowest BCUT2D eigenvalue weighted by Gasteiger charge is -2.20. The second-order valence-corrected chi connectivity index (χ2v) is 8.06. The van der Waals surface area contributed by atoms with E-state index in [4.69, 9.17) is 4.74 Å². The molecule has 1 aromatic rings. The first-order valence-corrected chi connectivity index (χ1v) is 10.6. The zero-order valence-electron chi connectivity index (χ0n) is 17.7. The normalized spacial score (nSPS) is 11.3. The highest BCUT2D eigenvalue weighted by molar-refractivity contribution is 7.99. The SMILES string of the molecule is CC.CSC(C)(C)CC(=O)N/N=C(\C)c1ccc(OCCCC(C)=O)cc1. The number of hydrogen-bond acceptors (Lipinski definition) is 5. The zero-order chi connectivity index (χ0) is 20.9. The Morgan fingerprint density at radius 1 is 1.15 bits per heavy atom. The van der Waals surface area contributed by atoms with Gasteiger partial charge in [-0.25, -0.2) is 5.43 Å². The summed E-state index contributed by atoms with van der Waals surface area (Å²) in [6, 6.07) is 7.52. The third-order valence-corrected chi connectivity index (χ3v) is 4.95. The molecule has 6 heteroatoms. The fourth-order valence-corrected chi connectivity index (χ4v) is 2.29. The Morgan fingerprint density at radius 2 is 1.74 bits per heavy atom. The second-order valence-electron chi connectivity index (χ2n) is 6.55.